The Morgan fingerprint density at radius 2 is 1.90 bits per heavy atom. The zero-order chi connectivity index (χ0) is 7.23. The van der Waals surface area contributed by atoms with E-state index in [9.17, 15) is 0 Å². The summed E-state index contributed by atoms with van der Waals surface area (Å²) in [5, 5.41) is 0. The first kappa shape index (κ1) is 8.28. The molecule has 2 heteroatoms. The van der Waals surface area contributed by atoms with Gasteiger partial charge in [-0.3, -0.25) is 0 Å². The van der Waals surface area contributed by atoms with E-state index in [1.165, 1.54) is 38.5 Å². The molecule has 1 aliphatic rings. The summed E-state index contributed by atoms with van der Waals surface area (Å²) >= 11 is 0. The fourth-order valence-electron chi connectivity index (χ4n) is 1.70. The standard InChI is InChI=1S/C8H15OSi/c10-9-7-6-8-4-2-1-3-5-8/h8H,1-7H2. The minimum Gasteiger partial charge on any atom is -0.419 e. The molecule has 3 radical (unpaired) electrons. The van der Waals surface area contributed by atoms with E-state index in [0.717, 1.165) is 12.5 Å². The molecule has 1 saturated carbocycles. The van der Waals surface area contributed by atoms with Crippen molar-refractivity contribution in [2.24, 2.45) is 5.92 Å². The molecule has 0 saturated heterocycles. The SMILES string of the molecule is [Si]OCCC1CCCCC1. The zero-order valence-corrected chi connectivity index (χ0v) is 7.44. The Hall–Kier alpha value is 0.177. The predicted molar refractivity (Wildman–Crippen MR) is 42.9 cm³/mol. The number of rotatable bonds is 3. The minimum absolute atomic E-state index is 0.877. The van der Waals surface area contributed by atoms with Crippen molar-refractivity contribution in [1.29, 1.82) is 0 Å². The second-order valence-electron chi connectivity index (χ2n) is 3.14. The van der Waals surface area contributed by atoms with Crippen LogP contribution in [0.3, 0.4) is 0 Å². The lowest BCUT2D eigenvalue weighted by Crippen LogP contribution is -2.08. The van der Waals surface area contributed by atoms with Crippen molar-refractivity contribution in [1.82, 2.24) is 0 Å². The van der Waals surface area contributed by atoms with Crippen LogP contribution in [-0.4, -0.2) is 17.1 Å². The lowest BCUT2D eigenvalue weighted by atomic mass is 9.87. The third-order valence-electron chi connectivity index (χ3n) is 2.35. The van der Waals surface area contributed by atoms with E-state index in [-0.39, 0.29) is 0 Å². The molecule has 1 nitrogen and oxygen atoms in total. The molecule has 0 N–H and O–H groups in total. The Morgan fingerprint density at radius 3 is 2.50 bits per heavy atom. The van der Waals surface area contributed by atoms with Crippen LogP contribution in [0.1, 0.15) is 38.5 Å². The monoisotopic (exact) mass is 155 g/mol. The van der Waals surface area contributed by atoms with Crippen LogP contribution in [0.4, 0.5) is 0 Å². The maximum Gasteiger partial charge on any atom is 0.246 e. The van der Waals surface area contributed by atoms with Gasteiger partial charge in [0.25, 0.3) is 0 Å². The topological polar surface area (TPSA) is 9.23 Å². The Morgan fingerprint density at radius 1 is 1.20 bits per heavy atom. The minimum atomic E-state index is 0.877. The van der Waals surface area contributed by atoms with Gasteiger partial charge in [-0.05, 0) is 12.3 Å². The van der Waals surface area contributed by atoms with E-state index in [2.05, 4.69) is 10.5 Å². The van der Waals surface area contributed by atoms with E-state index in [1.54, 1.807) is 0 Å². The highest BCUT2D eigenvalue weighted by atomic mass is 28.2. The molecular formula is C8H15OSi. The summed E-state index contributed by atoms with van der Waals surface area (Å²) in [6.07, 6.45) is 8.42. The molecule has 0 aromatic heterocycles. The van der Waals surface area contributed by atoms with E-state index in [4.69, 9.17) is 4.43 Å². The van der Waals surface area contributed by atoms with Crippen LogP contribution >= 0.6 is 0 Å². The number of hydrogen-bond acceptors (Lipinski definition) is 1. The Balaban J connectivity index is 2.02. The second kappa shape index (κ2) is 4.91. The van der Waals surface area contributed by atoms with Crippen molar-refractivity contribution in [3.63, 3.8) is 0 Å². The van der Waals surface area contributed by atoms with Gasteiger partial charge in [0.2, 0.25) is 10.5 Å². The van der Waals surface area contributed by atoms with Crippen molar-refractivity contribution in [3.05, 3.63) is 0 Å². The van der Waals surface area contributed by atoms with Gasteiger partial charge in [0.1, 0.15) is 0 Å². The van der Waals surface area contributed by atoms with Crippen molar-refractivity contribution < 1.29 is 4.43 Å². The summed E-state index contributed by atoms with van der Waals surface area (Å²) in [7, 11) is 3.02. The summed E-state index contributed by atoms with van der Waals surface area (Å²) in [6, 6.07) is 0. The van der Waals surface area contributed by atoms with Crippen LogP contribution in [-0.2, 0) is 4.43 Å². The fourth-order valence-corrected chi connectivity index (χ4v) is 1.82. The van der Waals surface area contributed by atoms with Crippen LogP contribution in [0, 0.1) is 5.92 Å². The maximum absolute atomic E-state index is 4.85. The van der Waals surface area contributed by atoms with Crippen molar-refractivity contribution >= 4 is 10.5 Å². The van der Waals surface area contributed by atoms with Gasteiger partial charge in [0.05, 0.1) is 0 Å². The molecule has 0 amide bonds. The summed E-state index contributed by atoms with van der Waals surface area (Å²) < 4.78 is 4.85. The summed E-state index contributed by atoms with van der Waals surface area (Å²) in [4.78, 5) is 0. The normalized spacial score (nSPS) is 21.3. The van der Waals surface area contributed by atoms with Crippen LogP contribution in [0.15, 0.2) is 0 Å². The van der Waals surface area contributed by atoms with Gasteiger partial charge in [0, 0.05) is 6.61 Å². The first-order valence-corrected chi connectivity index (χ1v) is 4.63. The van der Waals surface area contributed by atoms with Gasteiger partial charge in [-0.15, -0.1) is 0 Å². The molecule has 0 spiro atoms. The highest BCUT2D eigenvalue weighted by Gasteiger charge is 2.11. The van der Waals surface area contributed by atoms with Crippen LogP contribution < -0.4 is 0 Å². The molecule has 57 valence electrons. The van der Waals surface area contributed by atoms with Crippen LogP contribution in [0.25, 0.3) is 0 Å². The van der Waals surface area contributed by atoms with Gasteiger partial charge in [-0.25, -0.2) is 0 Å². The van der Waals surface area contributed by atoms with E-state index >= 15 is 0 Å². The smallest absolute Gasteiger partial charge is 0.246 e. The van der Waals surface area contributed by atoms with Crippen molar-refractivity contribution in [3.8, 4) is 0 Å². The molecular weight excluding hydrogens is 140 g/mol. The molecule has 10 heavy (non-hydrogen) atoms. The molecule has 1 fully saturated rings. The van der Waals surface area contributed by atoms with Crippen molar-refractivity contribution in [2.75, 3.05) is 6.61 Å². The lowest BCUT2D eigenvalue weighted by Gasteiger charge is -2.20. The molecule has 0 aliphatic heterocycles. The van der Waals surface area contributed by atoms with E-state index in [0.29, 0.717) is 0 Å². The largest absolute Gasteiger partial charge is 0.419 e. The Kier molecular flexibility index (Phi) is 4.06. The van der Waals surface area contributed by atoms with Gasteiger partial charge in [-0.1, -0.05) is 32.1 Å². The molecule has 0 bridgehead atoms. The fraction of sp³-hybridized carbons (Fsp3) is 1.00. The molecule has 1 rings (SSSR count). The molecule has 0 aromatic rings. The van der Waals surface area contributed by atoms with Gasteiger partial charge >= 0.3 is 0 Å². The second-order valence-corrected chi connectivity index (χ2v) is 3.43. The van der Waals surface area contributed by atoms with E-state index in [1.807, 2.05) is 0 Å². The van der Waals surface area contributed by atoms with Gasteiger partial charge < -0.3 is 4.43 Å². The Labute approximate surface area is 66.7 Å². The molecule has 0 atom stereocenters. The third kappa shape index (κ3) is 2.84. The summed E-state index contributed by atoms with van der Waals surface area (Å²) in [5.74, 6) is 0.949. The molecule has 1 aliphatic carbocycles. The molecule has 0 aromatic carbocycles. The quantitative estimate of drug-likeness (QED) is 0.567. The van der Waals surface area contributed by atoms with Crippen LogP contribution in [0.5, 0.6) is 0 Å². The maximum atomic E-state index is 4.85. The Bertz CT molecular complexity index is 79.3. The first-order chi connectivity index (χ1) is 4.93. The highest BCUT2D eigenvalue weighted by Crippen LogP contribution is 2.25. The molecule has 0 unspecified atom stereocenters. The number of hydrogen-bond donors (Lipinski definition) is 0. The zero-order valence-electron chi connectivity index (χ0n) is 6.44. The lowest BCUT2D eigenvalue weighted by molar-refractivity contribution is 0.260. The van der Waals surface area contributed by atoms with Crippen LogP contribution in [0.2, 0.25) is 0 Å². The summed E-state index contributed by atoms with van der Waals surface area (Å²) in [5.41, 5.74) is 0. The van der Waals surface area contributed by atoms with Gasteiger partial charge in [-0.2, -0.15) is 0 Å². The highest BCUT2D eigenvalue weighted by molar-refractivity contribution is 5.97. The van der Waals surface area contributed by atoms with E-state index < -0.39 is 0 Å². The van der Waals surface area contributed by atoms with Gasteiger partial charge in [0.15, 0.2) is 0 Å². The third-order valence-corrected chi connectivity index (χ3v) is 2.56. The van der Waals surface area contributed by atoms with Crippen molar-refractivity contribution in [2.45, 2.75) is 38.5 Å². The predicted octanol–water partition coefficient (Wildman–Crippen LogP) is 2.06. The average molecular weight is 155 g/mol. The first-order valence-electron chi connectivity index (χ1n) is 4.22. The summed E-state index contributed by atoms with van der Waals surface area (Å²) in [6.45, 7) is 0.877. The molecule has 0 heterocycles. The average Bonchev–Trinajstić information content (AvgIpc) is 2.03.